The summed E-state index contributed by atoms with van der Waals surface area (Å²) in [6, 6.07) is 83.7. The molecule has 1 aliphatic rings. The second-order valence-corrected chi connectivity index (χ2v) is 21.2. The van der Waals surface area contributed by atoms with E-state index < -0.39 is 0 Å². The summed E-state index contributed by atoms with van der Waals surface area (Å²) in [5.74, 6) is 0. The van der Waals surface area contributed by atoms with Crippen LogP contribution in [0.3, 0.4) is 0 Å². The van der Waals surface area contributed by atoms with Crippen LogP contribution in [0.1, 0.15) is 17.7 Å². The summed E-state index contributed by atoms with van der Waals surface area (Å²) in [6.07, 6.45) is 6.75. The van der Waals surface area contributed by atoms with Gasteiger partial charge in [-0.2, -0.15) is 0 Å². The average molecular weight is 968 g/mol. The third-order valence-corrected chi connectivity index (χ3v) is 16.9. The van der Waals surface area contributed by atoms with Gasteiger partial charge in [-0.25, -0.2) is 0 Å². The molecule has 0 atom stereocenters. The zero-order valence-electron chi connectivity index (χ0n) is 39.7. The number of allylic oxidation sites excluding steroid dienone is 1. The van der Waals surface area contributed by atoms with Gasteiger partial charge in [0.25, 0.3) is 0 Å². The summed E-state index contributed by atoms with van der Waals surface area (Å²) < 4.78 is 7.57. The van der Waals surface area contributed by atoms with Gasteiger partial charge in [-0.3, -0.25) is 0 Å². The van der Waals surface area contributed by atoms with Crippen molar-refractivity contribution in [3.8, 4) is 44.8 Å². The molecule has 1 aliphatic carbocycles. The minimum atomic E-state index is 1.01. The SMILES string of the molecule is C1=Cc2c(n(-c3ccc4sccc4c3)c3ccc(-c4cc(-c5ccc(N(c6ccccc6)c6ccc7ccccc7c6)cc5)cc(-c5ccc6c(c5)c5ccccc5n6-c5ccc6sccc6c5)c4)cc23)CC1. The van der Waals surface area contributed by atoms with E-state index in [4.69, 9.17) is 0 Å². The second-order valence-electron chi connectivity index (χ2n) is 19.3. The number of aromatic nitrogens is 2. The number of fused-ring (bicyclic) bond motifs is 9. The minimum Gasteiger partial charge on any atom is -0.313 e. The highest BCUT2D eigenvalue weighted by Gasteiger charge is 2.21. The molecule has 14 aromatic rings. The molecule has 73 heavy (non-hydrogen) atoms. The molecule has 0 aliphatic heterocycles. The molecule has 10 aromatic carbocycles. The molecule has 0 fully saturated rings. The van der Waals surface area contributed by atoms with Crippen molar-refractivity contribution in [1.82, 2.24) is 9.13 Å². The van der Waals surface area contributed by atoms with Crippen LogP contribution >= 0.6 is 22.7 Å². The second kappa shape index (κ2) is 17.0. The Kier molecular flexibility index (Phi) is 9.75. The van der Waals surface area contributed by atoms with Crippen molar-refractivity contribution in [2.45, 2.75) is 12.8 Å². The molecule has 15 rings (SSSR count). The fourth-order valence-corrected chi connectivity index (χ4v) is 13.1. The van der Waals surface area contributed by atoms with Crippen LogP contribution < -0.4 is 4.90 Å². The van der Waals surface area contributed by atoms with Gasteiger partial charge in [0, 0.05) is 65.3 Å². The lowest BCUT2D eigenvalue weighted by Crippen LogP contribution is -2.09. The molecule has 0 saturated carbocycles. The number of hydrogen-bond donors (Lipinski definition) is 0. The number of nitrogens with zero attached hydrogens (tertiary/aromatic N) is 3. The number of thiophene rings is 2. The number of anilines is 3. The predicted molar refractivity (Wildman–Crippen MR) is 314 cm³/mol. The Balaban J connectivity index is 0.895. The first-order valence-corrected chi connectivity index (χ1v) is 26.8. The van der Waals surface area contributed by atoms with Crippen molar-refractivity contribution in [3.63, 3.8) is 0 Å². The third-order valence-electron chi connectivity index (χ3n) is 15.1. The molecular weight excluding hydrogens is 923 g/mol. The van der Waals surface area contributed by atoms with E-state index in [1.54, 1.807) is 22.7 Å². The lowest BCUT2D eigenvalue weighted by atomic mass is 9.92. The third kappa shape index (κ3) is 7.07. The first kappa shape index (κ1) is 42.0. The van der Waals surface area contributed by atoms with Crippen LogP contribution in [0.15, 0.2) is 241 Å². The number of rotatable bonds is 8. The van der Waals surface area contributed by atoms with Crippen LogP contribution in [0, 0.1) is 0 Å². The van der Waals surface area contributed by atoms with E-state index in [9.17, 15) is 0 Å². The summed E-state index contributed by atoms with van der Waals surface area (Å²) in [7, 11) is 0. The van der Waals surface area contributed by atoms with Gasteiger partial charge < -0.3 is 14.0 Å². The molecule has 344 valence electrons. The van der Waals surface area contributed by atoms with Crippen molar-refractivity contribution in [1.29, 1.82) is 0 Å². The van der Waals surface area contributed by atoms with E-state index in [2.05, 4.69) is 261 Å². The van der Waals surface area contributed by atoms with E-state index in [-0.39, 0.29) is 0 Å². The van der Waals surface area contributed by atoms with Gasteiger partial charge in [0.1, 0.15) is 0 Å². The summed E-state index contributed by atoms with van der Waals surface area (Å²) in [5.41, 5.74) is 19.2. The molecule has 0 radical (unpaired) electrons. The Morgan fingerprint density at radius 2 is 0.932 bits per heavy atom. The van der Waals surface area contributed by atoms with Crippen LogP contribution in [-0.2, 0) is 6.42 Å². The molecule has 4 aromatic heterocycles. The Labute approximate surface area is 431 Å². The standard InChI is InChI=1S/C68H45N3S2/c1-2-12-54(13-3-1)69(56-25-20-44-10-4-5-11-46(44)39-56)55-23-18-45(19-24-55)51-36-52(47-21-28-65-61(42-47)59-14-6-8-16-63(59)70(65)57-26-30-67-49(40-57)32-34-72-67)38-53(37-51)48-22-29-66-62(43-48)60-15-7-9-17-64(60)71(66)58-27-31-68-50(41-58)33-35-73-68/h1-8,10-16,18-43H,9,17H2. The number of para-hydroxylation sites is 2. The van der Waals surface area contributed by atoms with E-state index in [1.165, 1.54) is 114 Å². The maximum absolute atomic E-state index is 2.51. The first-order valence-electron chi connectivity index (χ1n) is 25.1. The largest absolute Gasteiger partial charge is 0.313 e. The van der Waals surface area contributed by atoms with E-state index in [0.29, 0.717) is 0 Å². The van der Waals surface area contributed by atoms with E-state index in [0.717, 1.165) is 35.5 Å². The zero-order valence-corrected chi connectivity index (χ0v) is 41.4. The number of benzene rings is 10. The van der Waals surface area contributed by atoms with Crippen LogP contribution in [0.25, 0.3) is 114 Å². The van der Waals surface area contributed by atoms with Gasteiger partial charge in [-0.1, -0.05) is 103 Å². The van der Waals surface area contributed by atoms with Gasteiger partial charge in [0.2, 0.25) is 0 Å². The quantitative estimate of drug-likeness (QED) is 0.148. The minimum absolute atomic E-state index is 1.01. The maximum atomic E-state index is 2.51. The molecule has 3 nitrogen and oxygen atoms in total. The molecule has 5 heteroatoms. The van der Waals surface area contributed by atoms with Crippen molar-refractivity contribution in [2.24, 2.45) is 0 Å². The Morgan fingerprint density at radius 1 is 0.356 bits per heavy atom. The van der Waals surface area contributed by atoms with Gasteiger partial charge in [0.05, 0.1) is 16.6 Å². The number of hydrogen-bond acceptors (Lipinski definition) is 3. The van der Waals surface area contributed by atoms with Gasteiger partial charge in [-0.05, 0) is 212 Å². The highest BCUT2D eigenvalue weighted by molar-refractivity contribution is 7.17. The lowest BCUT2D eigenvalue weighted by Gasteiger charge is -2.26. The van der Waals surface area contributed by atoms with E-state index in [1.807, 2.05) is 0 Å². The summed E-state index contributed by atoms with van der Waals surface area (Å²) in [4.78, 5) is 2.36. The fraction of sp³-hybridized carbons (Fsp3) is 0.0294. The predicted octanol–water partition coefficient (Wildman–Crippen LogP) is 19.7. The van der Waals surface area contributed by atoms with Crippen LogP contribution in [0.2, 0.25) is 0 Å². The van der Waals surface area contributed by atoms with Crippen molar-refractivity contribution >= 4 is 109 Å². The van der Waals surface area contributed by atoms with Gasteiger partial charge in [0.15, 0.2) is 0 Å². The average Bonchev–Trinajstić information content (AvgIpc) is 4.27. The Hall–Kier alpha value is -8.74. The van der Waals surface area contributed by atoms with Crippen LogP contribution in [0.5, 0.6) is 0 Å². The summed E-state index contributed by atoms with van der Waals surface area (Å²) >= 11 is 3.59. The van der Waals surface area contributed by atoms with E-state index >= 15 is 0 Å². The lowest BCUT2D eigenvalue weighted by molar-refractivity contribution is 0.889. The van der Waals surface area contributed by atoms with Gasteiger partial charge >= 0.3 is 0 Å². The molecule has 0 amide bonds. The molecule has 4 heterocycles. The molecule has 0 bridgehead atoms. The summed E-state index contributed by atoms with van der Waals surface area (Å²) in [6.45, 7) is 0. The van der Waals surface area contributed by atoms with Crippen LogP contribution in [0.4, 0.5) is 17.1 Å². The molecule has 0 N–H and O–H groups in total. The van der Waals surface area contributed by atoms with Crippen molar-refractivity contribution < 1.29 is 0 Å². The van der Waals surface area contributed by atoms with Crippen molar-refractivity contribution in [3.05, 3.63) is 253 Å². The van der Waals surface area contributed by atoms with Crippen molar-refractivity contribution in [2.75, 3.05) is 4.90 Å². The van der Waals surface area contributed by atoms with Gasteiger partial charge in [-0.15, -0.1) is 22.7 Å². The normalized spacial score (nSPS) is 12.5. The first-order chi connectivity index (χ1) is 36.1. The maximum Gasteiger partial charge on any atom is 0.0541 e. The topological polar surface area (TPSA) is 13.1 Å². The smallest absolute Gasteiger partial charge is 0.0541 e. The molecule has 0 saturated heterocycles. The molecular formula is C68H45N3S2. The highest BCUT2D eigenvalue weighted by atomic mass is 32.1. The fourth-order valence-electron chi connectivity index (χ4n) is 11.6. The Bertz CT molecular complexity index is 4510. The Morgan fingerprint density at radius 3 is 1.67 bits per heavy atom. The molecule has 0 spiro atoms. The molecule has 0 unspecified atom stereocenters. The zero-order chi connectivity index (χ0) is 48.0. The highest BCUT2D eigenvalue weighted by Crippen LogP contribution is 2.43. The summed E-state index contributed by atoms with van der Waals surface area (Å²) in [5, 5.41) is 13.2. The van der Waals surface area contributed by atoms with Crippen LogP contribution in [-0.4, -0.2) is 9.13 Å². The monoisotopic (exact) mass is 967 g/mol.